The van der Waals surface area contributed by atoms with Gasteiger partial charge < -0.3 is 5.73 Å². The molecule has 0 aromatic carbocycles. The molecular weight excluding hydrogens is 174 g/mol. The van der Waals surface area contributed by atoms with Crippen molar-refractivity contribution in [2.75, 3.05) is 0 Å². The van der Waals surface area contributed by atoms with Crippen LogP contribution in [-0.2, 0) is 13.5 Å². The average molecular weight is 191 g/mol. The first-order valence-corrected chi connectivity index (χ1v) is 5.15. The molecule has 14 heavy (non-hydrogen) atoms. The van der Waals surface area contributed by atoms with Gasteiger partial charge in [0.25, 0.3) is 0 Å². The van der Waals surface area contributed by atoms with Gasteiger partial charge in [0, 0.05) is 19.3 Å². The molecule has 0 saturated heterocycles. The van der Waals surface area contributed by atoms with E-state index in [1.54, 1.807) is 0 Å². The number of aromatic nitrogens is 2. The first kappa shape index (κ1) is 9.46. The number of aryl methyl sites for hydroxylation is 1. The van der Waals surface area contributed by atoms with E-state index in [0.717, 1.165) is 19.3 Å². The molecule has 0 radical (unpaired) electrons. The second-order valence-electron chi connectivity index (χ2n) is 4.09. The standard InChI is InChI=1S/C11H17N3/c1-14-8-10(7-13-14)3-2-9-4-5-11(12)6-9/h2,7-8,11H,3-6,12H2,1H3/b9-2-. The molecule has 1 aliphatic carbocycles. The number of nitrogens with two attached hydrogens (primary N) is 1. The minimum absolute atomic E-state index is 0.398. The third-order valence-electron chi connectivity index (χ3n) is 2.75. The second-order valence-corrected chi connectivity index (χ2v) is 4.09. The Hall–Kier alpha value is -1.09. The van der Waals surface area contributed by atoms with Gasteiger partial charge in [0.15, 0.2) is 0 Å². The van der Waals surface area contributed by atoms with E-state index in [-0.39, 0.29) is 0 Å². The Morgan fingerprint density at radius 3 is 3.14 bits per heavy atom. The summed E-state index contributed by atoms with van der Waals surface area (Å²) in [7, 11) is 1.95. The van der Waals surface area contributed by atoms with Gasteiger partial charge in [0.2, 0.25) is 0 Å². The summed E-state index contributed by atoms with van der Waals surface area (Å²) in [5.74, 6) is 0. The van der Waals surface area contributed by atoms with E-state index in [2.05, 4.69) is 17.4 Å². The number of nitrogens with zero attached hydrogens (tertiary/aromatic N) is 2. The van der Waals surface area contributed by atoms with E-state index in [1.165, 1.54) is 17.6 Å². The van der Waals surface area contributed by atoms with Gasteiger partial charge in [-0.3, -0.25) is 4.68 Å². The highest BCUT2D eigenvalue weighted by molar-refractivity contribution is 5.16. The van der Waals surface area contributed by atoms with Crippen molar-refractivity contribution in [2.24, 2.45) is 12.8 Å². The molecule has 1 heterocycles. The zero-order valence-corrected chi connectivity index (χ0v) is 8.61. The van der Waals surface area contributed by atoms with Crippen LogP contribution in [0.3, 0.4) is 0 Å². The highest BCUT2D eigenvalue weighted by Gasteiger charge is 2.14. The van der Waals surface area contributed by atoms with Gasteiger partial charge in [0.05, 0.1) is 6.20 Å². The molecule has 2 N–H and O–H groups in total. The molecule has 1 unspecified atom stereocenters. The fourth-order valence-electron chi connectivity index (χ4n) is 1.94. The Balaban J connectivity index is 1.93. The zero-order chi connectivity index (χ0) is 9.97. The van der Waals surface area contributed by atoms with E-state index < -0.39 is 0 Å². The van der Waals surface area contributed by atoms with Gasteiger partial charge in [-0.05, 0) is 31.2 Å². The monoisotopic (exact) mass is 191 g/mol. The number of allylic oxidation sites excluding steroid dienone is 1. The summed E-state index contributed by atoms with van der Waals surface area (Å²) < 4.78 is 1.84. The van der Waals surface area contributed by atoms with Crippen molar-refractivity contribution in [2.45, 2.75) is 31.7 Å². The van der Waals surface area contributed by atoms with Gasteiger partial charge in [-0.25, -0.2) is 0 Å². The highest BCUT2D eigenvalue weighted by Crippen LogP contribution is 2.23. The quantitative estimate of drug-likeness (QED) is 0.718. The fraction of sp³-hybridized carbons (Fsp3) is 0.545. The Morgan fingerprint density at radius 2 is 2.57 bits per heavy atom. The lowest BCUT2D eigenvalue weighted by Crippen LogP contribution is -2.13. The smallest absolute Gasteiger partial charge is 0.0524 e. The zero-order valence-electron chi connectivity index (χ0n) is 8.61. The maximum Gasteiger partial charge on any atom is 0.0524 e. The topological polar surface area (TPSA) is 43.8 Å². The summed E-state index contributed by atoms with van der Waals surface area (Å²) in [6.45, 7) is 0. The van der Waals surface area contributed by atoms with Crippen LogP contribution in [0.5, 0.6) is 0 Å². The maximum absolute atomic E-state index is 5.84. The number of hydrogen-bond donors (Lipinski definition) is 1. The lowest BCUT2D eigenvalue weighted by molar-refractivity contribution is 0.711. The predicted octanol–water partition coefficient (Wildman–Crippen LogP) is 1.40. The number of hydrogen-bond acceptors (Lipinski definition) is 2. The predicted molar refractivity (Wildman–Crippen MR) is 56.8 cm³/mol. The van der Waals surface area contributed by atoms with Gasteiger partial charge >= 0.3 is 0 Å². The Kier molecular flexibility index (Phi) is 2.68. The van der Waals surface area contributed by atoms with Crippen molar-refractivity contribution in [3.8, 4) is 0 Å². The first-order valence-electron chi connectivity index (χ1n) is 5.15. The Morgan fingerprint density at radius 1 is 1.71 bits per heavy atom. The van der Waals surface area contributed by atoms with Crippen LogP contribution in [0.1, 0.15) is 24.8 Å². The van der Waals surface area contributed by atoms with Crippen LogP contribution in [0.25, 0.3) is 0 Å². The third kappa shape index (κ3) is 2.23. The Bertz CT molecular complexity index is 338. The molecule has 0 aliphatic heterocycles. The molecule has 0 bridgehead atoms. The normalized spacial score (nSPS) is 24.7. The van der Waals surface area contributed by atoms with Crippen LogP contribution in [0.2, 0.25) is 0 Å². The molecule has 1 fully saturated rings. The number of rotatable bonds is 2. The van der Waals surface area contributed by atoms with Gasteiger partial charge in [-0.2, -0.15) is 5.10 Å². The summed E-state index contributed by atoms with van der Waals surface area (Å²) in [4.78, 5) is 0. The van der Waals surface area contributed by atoms with Gasteiger partial charge in [-0.15, -0.1) is 0 Å². The molecule has 0 amide bonds. The summed E-state index contributed by atoms with van der Waals surface area (Å²) >= 11 is 0. The van der Waals surface area contributed by atoms with Crippen LogP contribution >= 0.6 is 0 Å². The van der Waals surface area contributed by atoms with E-state index in [9.17, 15) is 0 Å². The molecule has 0 spiro atoms. The van der Waals surface area contributed by atoms with Crippen LogP contribution in [-0.4, -0.2) is 15.8 Å². The van der Waals surface area contributed by atoms with Crippen LogP contribution in [0.4, 0.5) is 0 Å². The lowest BCUT2D eigenvalue weighted by Gasteiger charge is -1.96. The van der Waals surface area contributed by atoms with E-state index in [4.69, 9.17) is 5.73 Å². The van der Waals surface area contributed by atoms with Gasteiger partial charge in [-0.1, -0.05) is 11.6 Å². The van der Waals surface area contributed by atoms with Gasteiger partial charge in [0.1, 0.15) is 0 Å². The molecule has 1 saturated carbocycles. The van der Waals surface area contributed by atoms with Crippen LogP contribution < -0.4 is 5.73 Å². The lowest BCUT2D eigenvalue weighted by atomic mass is 10.1. The summed E-state index contributed by atoms with van der Waals surface area (Å²) in [5, 5.41) is 4.14. The molecule has 1 aliphatic rings. The van der Waals surface area contributed by atoms with Crippen molar-refractivity contribution in [3.63, 3.8) is 0 Å². The molecular formula is C11H17N3. The molecule has 1 aromatic rings. The summed E-state index contributed by atoms with van der Waals surface area (Å²) in [5.41, 5.74) is 8.63. The highest BCUT2D eigenvalue weighted by atomic mass is 15.2. The molecule has 1 aromatic heterocycles. The van der Waals surface area contributed by atoms with E-state index >= 15 is 0 Å². The maximum atomic E-state index is 5.84. The van der Waals surface area contributed by atoms with Crippen LogP contribution in [0.15, 0.2) is 24.0 Å². The molecule has 2 rings (SSSR count). The second kappa shape index (κ2) is 3.96. The summed E-state index contributed by atoms with van der Waals surface area (Å²) in [6, 6.07) is 0.398. The fourth-order valence-corrected chi connectivity index (χ4v) is 1.94. The van der Waals surface area contributed by atoms with E-state index in [0.29, 0.717) is 6.04 Å². The molecule has 3 nitrogen and oxygen atoms in total. The minimum Gasteiger partial charge on any atom is -0.327 e. The van der Waals surface area contributed by atoms with Crippen molar-refractivity contribution < 1.29 is 0 Å². The largest absolute Gasteiger partial charge is 0.327 e. The van der Waals surface area contributed by atoms with Crippen LogP contribution in [0, 0.1) is 0 Å². The first-order chi connectivity index (χ1) is 6.74. The summed E-state index contributed by atoms with van der Waals surface area (Å²) in [6.07, 6.45) is 10.7. The SMILES string of the molecule is Cn1cc(C/C=C2/CCC(N)C2)cn1. The van der Waals surface area contributed by atoms with Crippen molar-refractivity contribution in [3.05, 3.63) is 29.6 Å². The van der Waals surface area contributed by atoms with Crippen molar-refractivity contribution >= 4 is 0 Å². The molecule has 1 atom stereocenters. The van der Waals surface area contributed by atoms with Crippen molar-refractivity contribution in [1.29, 1.82) is 0 Å². The Labute approximate surface area is 84.6 Å². The molecule has 3 heteroatoms. The van der Waals surface area contributed by atoms with E-state index in [1.807, 2.05) is 17.9 Å². The van der Waals surface area contributed by atoms with Crippen molar-refractivity contribution in [1.82, 2.24) is 9.78 Å². The third-order valence-corrected chi connectivity index (χ3v) is 2.75. The average Bonchev–Trinajstić information content (AvgIpc) is 2.72. The molecule has 76 valence electrons. The minimum atomic E-state index is 0.398.